The van der Waals surface area contributed by atoms with Crippen molar-refractivity contribution in [1.29, 1.82) is 5.41 Å². The smallest absolute Gasteiger partial charge is 0.0647 e. The van der Waals surface area contributed by atoms with Gasteiger partial charge in [0.25, 0.3) is 0 Å². The van der Waals surface area contributed by atoms with E-state index in [1.165, 1.54) is 0 Å². The van der Waals surface area contributed by atoms with Crippen molar-refractivity contribution in [3.8, 4) is 0 Å². The van der Waals surface area contributed by atoms with Crippen LogP contribution in [0, 0.1) is 12.3 Å². The molecule has 0 saturated carbocycles. The van der Waals surface area contributed by atoms with Crippen LogP contribution in [0.3, 0.4) is 0 Å². The third-order valence-electron chi connectivity index (χ3n) is 3.11. The highest BCUT2D eigenvalue weighted by molar-refractivity contribution is 6.11. The van der Waals surface area contributed by atoms with E-state index >= 15 is 0 Å². The molecule has 0 aliphatic carbocycles. The predicted molar refractivity (Wildman–Crippen MR) is 74.6 cm³/mol. The molecular formula is C15H20N2. The van der Waals surface area contributed by atoms with E-state index in [1.54, 1.807) is 0 Å². The van der Waals surface area contributed by atoms with Crippen LogP contribution in [0.15, 0.2) is 47.7 Å². The largest absolute Gasteiger partial charge is 0.388 e. The van der Waals surface area contributed by atoms with Crippen molar-refractivity contribution in [1.82, 2.24) is 5.32 Å². The van der Waals surface area contributed by atoms with Crippen LogP contribution in [0.2, 0.25) is 0 Å². The molecule has 0 radical (unpaired) electrons. The van der Waals surface area contributed by atoms with Gasteiger partial charge < -0.3 is 5.32 Å². The summed E-state index contributed by atoms with van der Waals surface area (Å²) < 4.78 is 0. The van der Waals surface area contributed by atoms with Gasteiger partial charge in [-0.25, -0.2) is 0 Å². The average molecular weight is 228 g/mol. The number of nitrogens with one attached hydrogen (secondary N) is 2. The van der Waals surface area contributed by atoms with Crippen LogP contribution in [0.1, 0.15) is 25.0 Å². The Morgan fingerprint density at radius 2 is 1.76 bits per heavy atom. The van der Waals surface area contributed by atoms with Crippen molar-refractivity contribution in [3.63, 3.8) is 0 Å². The second-order valence-electron chi connectivity index (χ2n) is 4.17. The summed E-state index contributed by atoms with van der Waals surface area (Å²) >= 11 is 0. The van der Waals surface area contributed by atoms with Crippen molar-refractivity contribution >= 4 is 5.71 Å². The Balaban J connectivity index is 3.15. The Kier molecular flexibility index (Phi) is 4.27. The summed E-state index contributed by atoms with van der Waals surface area (Å²) in [4.78, 5) is 0. The number of benzene rings is 1. The van der Waals surface area contributed by atoms with Crippen molar-refractivity contribution < 1.29 is 0 Å². The van der Waals surface area contributed by atoms with E-state index in [4.69, 9.17) is 5.41 Å². The van der Waals surface area contributed by atoms with Gasteiger partial charge >= 0.3 is 0 Å². The molecule has 0 unspecified atom stereocenters. The maximum atomic E-state index is 8.25. The topological polar surface area (TPSA) is 35.9 Å². The molecule has 0 aliphatic rings. The van der Waals surface area contributed by atoms with Gasteiger partial charge in [-0.1, -0.05) is 30.8 Å². The molecule has 0 atom stereocenters. The molecular weight excluding hydrogens is 208 g/mol. The molecule has 0 spiro atoms. The molecule has 17 heavy (non-hydrogen) atoms. The molecule has 0 fully saturated rings. The third-order valence-corrected chi connectivity index (χ3v) is 3.11. The Morgan fingerprint density at radius 3 is 2.29 bits per heavy atom. The lowest BCUT2D eigenvalue weighted by molar-refractivity contribution is 0.999. The molecule has 1 aromatic carbocycles. The fourth-order valence-electron chi connectivity index (χ4n) is 1.66. The van der Waals surface area contributed by atoms with Gasteiger partial charge in [0.05, 0.1) is 5.71 Å². The van der Waals surface area contributed by atoms with Crippen LogP contribution in [0.25, 0.3) is 0 Å². The highest BCUT2D eigenvalue weighted by Gasteiger charge is 2.09. The van der Waals surface area contributed by atoms with E-state index in [1.807, 2.05) is 52.1 Å². The molecule has 2 N–H and O–H groups in total. The molecule has 0 aromatic heterocycles. The highest BCUT2D eigenvalue weighted by Crippen LogP contribution is 2.17. The molecule has 0 amide bonds. The summed E-state index contributed by atoms with van der Waals surface area (Å²) in [5.74, 6) is 0. The number of hydrogen-bond acceptors (Lipinski definition) is 2. The first-order valence-electron chi connectivity index (χ1n) is 5.68. The van der Waals surface area contributed by atoms with Crippen LogP contribution in [-0.4, -0.2) is 12.8 Å². The minimum atomic E-state index is 0.567. The summed E-state index contributed by atoms with van der Waals surface area (Å²) in [7, 11) is 1.84. The summed E-state index contributed by atoms with van der Waals surface area (Å²) in [5.41, 5.74) is 5.52. The average Bonchev–Trinajstić information content (AvgIpc) is 2.35. The lowest BCUT2D eigenvalue weighted by atomic mass is 9.95. The Labute approximate surface area is 104 Å². The molecule has 1 aromatic rings. The van der Waals surface area contributed by atoms with Crippen LogP contribution in [-0.2, 0) is 0 Å². The van der Waals surface area contributed by atoms with Crippen LogP contribution in [0.4, 0.5) is 0 Å². The first-order chi connectivity index (χ1) is 7.99. The monoisotopic (exact) mass is 228 g/mol. The van der Waals surface area contributed by atoms with E-state index in [2.05, 4.69) is 11.9 Å². The molecule has 90 valence electrons. The second kappa shape index (κ2) is 5.48. The fraction of sp³-hybridized carbons (Fsp3) is 0.267. The van der Waals surface area contributed by atoms with Gasteiger partial charge in [0.15, 0.2) is 0 Å². The number of hydrogen-bond donors (Lipinski definition) is 2. The maximum absolute atomic E-state index is 8.25. The zero-order chi connectivity index (χ0) is 13.0. The number of likely N-dealkylation sites (N-methyl/N-ethyl adjacent to an activating group) is 1. The Morgan fingerprint density at radius 1 is 1.18 bits per heavy atom. The minimum Gasteiger partial charge on any atom is -0.388 e. The summed E-state index contributed by atoms with van der Waals surface area (Å²) in [6.07, 6.45) is 0. The van der Waals surface area contributed by atoms with Crippen molar-refractivity contribution in [2.75, 3.05) is 7.05 Å². The van der Waals surface area contributed by atoms with Gasteiger partial charge in [0.1, 0.15) is 0 Å². The first kappa shape index (κ1) is 13.2. The van der Waals surface area contributed by atoms with Gasteiger partial charge in [-0.15, -0.1) is 0 Å². The molecule has 2 heteroatoms. The molecule has 0 bridgehead atoms. The Bertz CT molecular complexity index is 481. The van der Waals surface area contributed by atoms with E-state index in [-0.39, 0.29) is 0 Å². The molecule has 0 heterocycles. The second-order valence-corrected chi connectivity index (χ2v) is 4.17. The zero-order valence-corrected chi connectivity index (χ0v) is 11.0. The summed E-state index contributed by atoms with van der Waals surface area (Å²) in [6, 6.07) is 7.97. The van der Waals surface area contributed by atoms with Crippen LogP contribution >= 0.6 is 0 Å². The van der Waals surface area contributed by atoms with Crippen molar-refractivity contribution in [2.24, 2.45) is 0 Å². The van der Waals surface area contributed by atoms with Crippen molar-refractivity contribution in [3.05, 3.63) is 58.8 Å². The van der Waals surface area contributed by atoms with Gasteiger partial charge in [-0.2, -0.15) is 0 Å². The summed E-state index contributed by atoms with van der Waals surface area (Å²) in [6.45, 7) is 9.91. The van der Waals surface area contributed by atoms with E-state index in [0.29, 0.717) is 5.71 Å². The Hall–Kier alpha value is -1.83. The molecule has 1 rings (SSSR count). The molecule has 0 saturated heterocycles. The van der Waals surface area contributed by atoms with E-state index in [9.17, 15) is 0 Å². The maximum Gasteiger partial charge on any atom is 0.0647 e. The standard InChI is InChI=1S/C15H20N2/c1-10-8-6-7-9-14(10)15(16)12(3)11(2)13(4)17-5/h6-9,16-17H,4H2,1-3,5H3/b12-11+,16-15?. The number of allylic oxidation sites excluding steroid dienone is 2. The lowest BCUT2D eigenvalue weighted by Crippen LogP contribution is -2.11. The van der Waals surface area contributed by atoms with Gasteiger partial charge in [0.2, 0.25) is 0 Å². The van der Waals surface area contributed by atoms with E-state index in [0.717, 1.165) is 28.0 Å². The first-order valence-corrected chi connectivity index (χ1v) is 5.68. The van der Waals surface area contributed by atoms with Crippen LogP contribution in [0.5, 0.6) is 0 Å². The highest BCUT2D eigenvalue weighted by atomic mass is 14.8. The minimum absolute atomic E-state index is 0.567. The SMILES string of the molecule is C=C(NC)/C(C)=C(\C)C(=N)c1ccccc1C. The predicted octanol–water partition coefficient (Wildman–Crippen LogP) is 3.43. The van der Waals surface area contributed by atoms with Gasteiger partial charge in [-0.05, 0) is 37.5 Å². The number of aryl methyl sites for hydroxylation is 1. The fourth-order valence-corrected chi connectivity index (χ4v) is 1.66. The summed E-state index contributed by atoms with van der Waals surface area (Å²) in [5, 5.41) is 11.3. The normalized spacial score (nSPS) is 11.8. The van der Waals surface area contributed by atoms with Crippen LogP contribution < -0.4 is 5.32 Å². The van der Waals surface area contributed by atoms with Gasteiger partial charge in [-0.3, -0.25) is 5.41 Å². The third kappa shape index (κ3) is 2.84. The zero-order valence-electron chi connectivity index (χ0n) is 11.0. The lowest BCUT2D eigenvalue weighted by Gasteiger charge is -2.13. The van der Waals surface area contributed by atoms with E-state index < -0.39 is 0 Å². The van der Waals surface area contributed by atoms with Gasteiger partial charge in [0, 0.05) is 18.3 Å². The van der Waals surface area contributed by atoms with Crippen molar-refractivity contribution in [2.45, 2.75) is 20.8 Å². The number of rotatable bonds is 4. The quantitative estimate of drug-likeness (QED) is 0.601. The molecule has 2 nitrogen and oxygen atoms in total. The molecule has 0 aliphatic heterocycles.